The third-order valence-electron chi connectivity index (χ3n) is 3.76. The van der Waals surface area contributed by atoms with Crippen LogP contribution in [0.15, 0.2) is 53.4 Å². The largest absolute Gasteiger partial charge is 0.387 e. The Hall–Kier alpha value is -2.44. The molecule has 3 aromatic rings. The number of aliphatic hydroxyl groups excluding tert-OH is 1. The zero-order valence-corrected chi connectivity index (χ0v) is 13.9. The summed E-state index contributed by atoms with van der Waals surface area (Å²) < 4.78 is 0. The summed E-state index contributed by atoms with van der Waals surface area (Å²) in [6, 6.07) is 13.5. The maximum Gasteiger partial charge on any atom is 0.314 e. The van der Waals surface area contributed by atoms with E-state index in [-0.39, 0.29) is 12.6 Å². The van der Waals surface area contributed by atoms with Crippen LogP contribution in [0.4, 0.5) is 4.79 Å². The van der Waals surface area contributed by atoms with Crippen LogP contribution in [0.3, 0.4) is 0 Å². The number of carbonyl (C=O) groups excluding carboxylic acids is 1. The first-order valence-electron chi connectivity index (χ1n) is 7.78. The van der Waals surface area contributed by atoms with E-state index in [0.29, 0.717) is 13.0 Å². The third-order valence-corrected chi connectivity index (χ3v) is 4.40. The quantitative estimate of drug-likeness (QED) is 0.645. The van der Waals surface area contributed by atoms with Crippen molar-refractivity contribution in [2.75, 3.05) is 13.1 Å². The van der Waals surface area contributed by atoms with Crippen molar-refractivity contribution < 1.29 is 9.90 Å². The summed E-state index contributed by atoms with van der Waals surface area (Å²) in [7, 11) is 0. The van der Waals surface area contributed by atoms with Crippen molar-refractivity contribution in [2.45, 2.75) is 12.5 Å². The van der Waals surface area contributed by atoms with E-state index in [1.165, 1.54) is 11.3 Å². The number of hydrogen-bond acceptors (Lipinski definition) is 4. The fraction of sp³-hybridized carbons (Fsp3) is 0.222. The SMILES string of the molecule is O=C(NCCc1cscn1)NCC(O)c1ccc2ccccc2c1. The highest BCUT2D eigenvalue weighted by atomic mass is 32.1. The Kier molecular flexibility index (Phi) is 5.40. The molecule has 0 radical (unpaired) electrons. The highest BCUT2D eigenvalue weighted by Crippen LogP contribution is 2.19. The smallest absolute Gasteiger partial charge is 0.314 e. The lowest BCUT2D eigenvalue weighted by Crippen LogP contribution is -2.38. The molecule has 0 aliphatic rings. The predicted molar refractivity (Wildman–Crippen MR) is 96.1 cm³/mol. The van der Waals surface area contributed by atoms with E-state index < -0.39 is 6.10 Å². The normalized spacial score (nSPS) is 12.0. The van der Waals surface area contributed by atoms with Crippen molar-refractivity contribution >= 4 is 28.1 Å². The number of rotatable bonds is 6. The molecule has 5 nitrogen and oxygen atoms in total. The molecule has 0 aliphatic heterocycles. The molecule has 3 rings (SSSR count). The highest BCUT2D eigenvalue weighted by Gasteiger charge is 2.10. The van der Waals surface area contributed by atoms with Gasteiger partial charge in [0.1, 0.15) is 0 Å². The summed E-state index contributed by atoms with van der Waals surface area (Å²) >= 11 is 1.54. The van der Waals surface area contributed by atoms with Gasteiger partial charge in [0.25, 0.3) is 0 Å². The van der Waals surface area contributed by atoms with Gasteiger partial charge in [0, 0.05) is 24.9 Å². The molecule has 6 heteroatoms. The second-order valence-electron chi connectivity index (χ2n) is 5.49. The van der Waals surface area contributed by atoms with Crippen LogP contribution < -0.4 is 10.6 Å². The van der Waals surface area contributed by atoms with Gasteiger partial charge in [-0.05, 0) is 22.4 Å². The summed E-state index contributed by atoms with van der Waals surface area (Å²) in [5, 5.41) is 19.9. The minimum atomic E-state index is -0.737. The molecular weight excluding hydrogens is 322 g/mol. The van der Waals surface area contributed by atoms with Gasteiger partial charge in [0.15, 0.2) is 0 Å². The Labute approximate surface area is 144 Å². The maximum atomic E-state index is 11.8. The standard InChI is InChI=1S/C18H19N3O2S/c22-17(15-6-5-13-3-1-2-4-14(13)9-15)10-20-18(23)19-8-7-16-11-24-12-21-16/h1-6,9,11-12,17,22H,7-8,10H2,(H2,19,20,23). The Balaban J connectivity index is 1.47. The van der Waals surface area contributed by atoms with Gasteiger partial charge < -0.3 is 15.7 Å². The summed E-state index contributed by atoms with van der Waals surface area (Å²) in [4.78, 5) is 15.9. The molecule has 1 heterocycles. The van der Waals surface area contributed by atoms with Crippen molar-refractivity contribution in [3.63, 3.8) is 0 Å². The van der Waals surface area contributed by atoms with Gasteiger partial charge in [-0.15, -0.1) is 11.3 Å². The number of amides is 2. The van der Waals surface area contributed by atoms with Crippen LogP contribution in [0.1, 0.15) is 17.4 Å². The highest BCUT2D eigenvalue weighted by molar-refractivity contribution is 7.07. The molecule has 1 aromatic heterocycles. The Morgan fingerprint density at radius 3 is 2.79 bits per heavy atom. The molecule has 124 valence electrons. The zero-order valence-electron chi connectivity index (χ0n) is 13.1. The van der Waals surface area contributed by atoms with Crippen LogP contribution >= 0.6 is 11.3 Å². The van der Waals surface area contributed by atoms with E-state index in [1.807, 2.05) is 47.8 Å². The van der Waals surface area contributed by atoms with E-state index in [0.717, 1.165) is 22.0 Å². The van der Waals surface area contributed by atoms with Gasteiger partial charge in [-0.3, -0.25) is 0 Å². The van der Waals surface area contributed by atoms with Gasteiger partial charge in [-0.25, -0.2) is 9.78 Å². The maximum absolute atomic E-state index is 11.8. The second-order valence-corrected chi connectivity index (χ2v) is 6.21. The Bertz CT molecular complexity index is 805. The molecule has 0 aliphatic carbocycles. The van der Waals surface area contributed by atoms with E-state index in [4.69, 9.17) is 0 Å². The molecule has 0 saturated heterocycles. The molecule has 0 saturated carbocycles. The van der Waals surface area contributed by atoms with Gasteiger partial charge >= 0.3 is 6.03 Å². The molecule has 0 bridgehead atoms. The number of aliphatic hydroxyl groups is 1. The predicted octanol–water partition coefficient (Wildman–Crippen LogP) is 2.87. The lowest BCUT2D eigenvalue weighted by Gasteiger charge is -2.13. The molecule has 2 amide bonds. The van der Waals surface area contributed by atoms with E-state index in [2.05, 4.69) is 15.6 Å². The number of thiazole rings is 1. The van der Waals surface area contributed by atoms with Gasteiger partial charge in [-0.2, -0.15) is 0 Å². The van der Waals surface area contributed by atoms with Crippen LogP contribution in [-0.4, -0.2) is 29.2 Å². The van der Waals surface area contributed by atoms with Gasteiger partial charge in [0.05, 0.1) is 17.3 Å². The summed E-state index contributed by atoms with van der Waals surface area (Å²) in [5.41, 5.74) is 3.53. The first-order valence-corrected chi connectivity index (χ1v) is 8.72. The Morgan fingerprint density at radius 2 is 2.00 bits per heavy atom. The number of nitrogens with zero attached hydrogens (tertiary/aromatic N) is 1. The van der Waals surface area contributed by atoms with Crippen LogP contribution in [0.25, 0.3) is 10.8 Å². The number of carbonyl (C=O) groups is 1. The lowest BCUT2D eigenvalue weighted by atomic mass is 10.0. The van der Waals surface area contributed by atoms with Crippen LogP contribution in [-0.2, 0) is 6.42 Å². The summed E-state index contributed by atoms with van der Waals surface area (Å²) in [6.45, 7) is 0.683. The molecule has 1 unspecified atom stereocenters. The number of benzene rings is 2. The number of urea groups is 1. The number of aromatic nitrogens is 1. The number of hydrogen-bond donors (Lipinski definition) is 3. The third kappa shape index (κ3) is 4.31. The molecule has 24 heavy (non-hydrogen) atoms. The van der Waals surface area contributed by atoms with Gasteiger partial charge in [0.2, 0.25) is 0 Å². The van der Waals surface area contributed by atoms with Crippen molar-refractivity contribution in [1.82, 2.24) is 15.6 Å². The molecule has 3 N–H and O–H groups in total. The van der Waals surface area contributed by atoms with Crippen LogP contribution in [0, 0.1) is 0 Å². The van der Waals surface area contributed by atoms with Crippen LogP contribution in [0.2, 0.25) is 0 Å². The number of fused-ring (bicyclic) bond motifs is 1. The molecule has 1 atom stereocenters. The summed E-state index contributed by atoms with van der Waals surface area (Å²) in [6.07, 6.45) is -0.0386. The van der Waals surface area contributed by atoms with E-state index in [1.54, 1.807) is 5.51 Å². The molecular formula is C18H19N3O2S. The monoisotopic (exact) mass is 341 g/mol. The number of nitrogens with one attached hydrogen (secondary N) is 2. The fourth-order valence-electron chi connectivity index (χ4n) is 2.45. The zero-order chi connectivity index (χ0) is 16.8. The van der Waals surface area contributed by atoms with E-state index >= 15 is 0 Å². The molecule has 2 aromatic carbocycles. The molecule has 0 spiro atoms. The first kappa shape index (κ1) is 16.4. The topological polar surface area (TPSA) is 74.2 Å². The van der Waals surface area contributed by atoms with Crippen molar-refractivity contribution in [2.24, 2.45) is 0 Å². The minimum absolute atomic E-state index is 0.168. The lowest BCUT2D eigenvalue weighted by molar-refractivity contribution is 0.173. The van der Waals surface area contributed by atoms with Crippen LogP contribution in [0.5, 0.6) is 0 Å². The van der Waals surface area contributed by atoms with Crippen molar-refractivity contribution in [3.05, 3.63) is 64.6 Å². The fourth-order valence-corrected chi connectivity index (χ4v) is 3.04. The first-order chi connectivity index (χ1) is 11.7. The Morgan fingerprint density at radius 1 is 1.17 bits per heavy atom. The summed E-state index contributed by atoms with van der Waals surface area (Å²) in [5.74, 6) is 0. The minimum Gasteiger partial charge on any atom is -0.387 e. The average Bonchev–Trinajstić information content (AvgIpc) is 3.12. The average molecular weight is 341 g/mol. The van der Waals surface area contributed by atoms with E-state index in [9.17, 15) is 9.90 Å². The van der Waals surface area contributed by atoms with Crippen molar-refractivity contribution in [1.29, 1.82) is 0 Å². The second kappa shape index (κ2) is 7.90. The van der Waals surface area contributed by atoms with Gasteiger partial charge in [-0.1, -0.05) is 36.4 Å². The molecule has 0 fully saturated rings. The van der Waals surface area contributed by atoms with Crippen molar-refractivity contribution in [3.8, 4) is 0 Å².